The SMILES string of the molecule is O=C1O[C](c2ccccc2)c2ccc(Br)cc21. The first-order chi connectivity index (χ1) is 8.25. The van der Waals surface area contributed by atoms with Gasteiger partial charge in [0.1, 0.15) is 0 Å². The first kappa shape index (κ1) is 10.5. The van der Waals surface area contributed by atoms with E-state index in [4.69, 9.17) is 4.74 Å². The Morgan fingerprint density at radius 3 is 2.47 bits per heavy atom. The van der Waals surface area contributed by atoms with Crippen LogP contribution in [0.3, 0.4) is 0 Å². The number of ether oxygens (including phenoxy) is 1. The molecule has 0 spiro atoms. The Morgan fingerprint density at radius 2 is 1.71 bits per heavy atom. The van der Waals surface area contributed by atoms with Crippen molar-refractivity contribution in [1.82, 2.24) is 0 Å². The molecule has 0 unspecified atom stereocenters. The lowest BCUT2D eigenvalue weighted by Gasteiger charge is -2.08. The lowest BCUT2D eigenvalue weighted by atomic mass is 9.99. The van der Waals surface area contributed by atoms with Gasteiger partial charge in [-0.1, -0.05) is 52.3 Å². The Morgan fingerprint density at radius 1 is 0.941 bits per heavy atom. The average molecular weight is 288 g/mol. The van der Waals surface area contributed by atoms with E-state index in [9.17, 15) is 4.79 Å². The topological polar surface area (TPSA) is 26.3 Å². The molecule has 0 amide bonds. The molecule has 17 heavy (non-hydrogen) atoms. The van der Waals surface area contributed by atoms with Gasteiger partial charge in [0.2, 0.25) is 6.10 Å². The van der Waals surface area contributed by atoms with Gasteiger partial charge in [-0.05, 0) is 12.1 Å². The number of carbonyl (C=O) groups is 1. The van der Waals surface area contributed by atoms with Crippen LogP contribution < -0.4 is 0 Å². The minimum atomic E-state index is -0.292. The number of benzene rings is 2. The number of cyclic esters (lactones) is 1. The smallest absolute Gasteiger partial charge is 0.340 e. The maximum Gasteiger partial charge on any atom is 0.340 e. The fraction of sp³-hybridized carbons (Fsp3) is 0. The molecule has 0 aliphatic carbocycles. The third-order valence-electron chi connectivity index (χ3n) is 2.68. The Kier molecular flexibility index (Phi) is 2.48. The fourth-order valence-electron chi connectivity index (χ4n) is 1.89. The third-order valence-corrected chi connectivity index (χ3v) is 3.17. The minimum Gasteiger partial charge on any atom is -0.440 e. The largest absolute Gasteiger partial charge is 0.440 e. The lowest BCUT2D eigenvalue weighted by Crippen LogP contribution is -2.01. The lowest BCUT2D eigenvalue weighted by molar-refractivity contribution is 0.0619. The van der Waals surface area contributed by atoms with E-state index < -0.39 is 0 Å². The van der Waals surface area contributed by atoms with Crippen molar-refractivity contribution in [1.29, 1.82) is 0 Å². The maximum absolute atomic E-state index is 11.7. The van der Waals surface area contributed by atoms with Crippen LogP contribution in [0.25, 0.3) is 0 Å². The van der Waals surface area contributed by atoms with Gasteiger partial charge < -0.3 is 4.74 Å². The summed E-state index contributed by atoms with van der Waals surface area (Å²) in [6, 6.07) is 15.2. The second-order valence-corrected chi connectivity index (χ2v) is 4.69. The molecule has 0 aromatic heterocycles. The van der Waals surface area contributed by atoms with Crippen LogP contribution in [0.5, 0.6) is 0 Å². The van der Waals surface area contributed by atoms with Crippen LogP contribution in [0, 0.1) is 6.10 Å². The molecule has 2 aromatic rings. The van der Waals surface area contributed by atoms with E-state index in [-0.39, 0.29) is 5.97 Å². The predicted molar refractivity (Wildman–Crippen MR) is 67.4 cm³/mol. The van der Waals surface area contributed by atoms with Crippen LogP contribution >= 0.6 is 15.9 Å². The number of halogens is 1. The standard InChI is InChI=1S/C14H8BrO2/c15-10-6-7-11-12(8-10)14(16)17-13(11)9-4-2-1-3-5-9/h1-8H. The number of fused-ring (bicyclic) bond motifs is 1. The zero-order chi connectivity index (χ0) is 11.8. The van der Waals surface area contributed by atoms with E-state index in [1.807, 2.05) is 42.5 Å². The highest BCUT2D eigenvalue weighted by Gasteiger charge is 2.33. The van der Waals surface area contributed by atoms with Crippen molar-refractivity contribution in [2.24, 2.45) is 0 Å². The van der Waals surface area contributed by atoms with Gasteiger partial charge in [0.15, 0.2) is 0 Å². The molecule has 3 heteroatoms. The Balaban J connectivity index is 2.11. The number of carbonyl (C=O) groups excluding carboxylic acids is 1. The molecule has 2 nitrogen and oxygen atoms in total. The van der Waals surface area contributed by atoms with Crippen LogP contribution in [0.1, 0.15) is 21.5 Å². The van der Waals surface area contributed by atoms with E-state index in [0.717, 1.165) is 15.6 Å². The van der Waals surface area contributed by atoms with Crippen molar-refractivity contribution in [3.05, 3.63) is 75.8 Å². The molecule has 1 radical (unpaired) electrons. The van der Waals surface area contributed by atoms with Gasteiger partial charge in [-0.15, -0.1) is 0 Å². The minimum absolute atomic E-state index is 0.292. The van der Waals surface area contributed by atoms with Gasteiger partial charge in [-0.3, -0.25) is 0 Å². The van der Waals surface area contributed by atoms with E-state index >= 15 is 0 Å². The molecular weight excluding hydrogens is 280 g/mol. The summed E-state index contributed by atoms with van der Waals surface area (Å²) in [7, 11) is 0. The number of hydrogen-bond donors (Lipinski definition) is 0. The first-order valence-electron chi connectivity index (χ1n) is 5.20. The molecule has 1 aliphatic heterocycles. The molecule has 3 rings (SSSR count). The van der Waals surface area contributed by atoms with Gasteiger partial charge in [0, 0.05) is 15.6 Å². The summed E-state index contributed by atoms with van der Waals surface area (Å²) in [4.78, 5) is 11.7. The number of esters is 1. The molecule has 1 heterocycles. The number of rotatable bonds is 1. The van der Waals surface area contributed by atoms with Gasteiger partial charge in [0.05, 0.1) is 5.56 Å². The Labute approximate surface area is 107 Å². The summed E-state index contributed by atoms with van der Waals surface area (Å²) in [6.45, 7) is 0. The molecule has 0 atom stereocenters. The summed E-state index contributed by atoms with van der Waals surface area (Å²) in [6.07, 6.45) is 0.637. The number of hydrogen-bond acceptors (Lipinski definition) is 2. The molecule has 0 bridgehead atoms. The van der Waals surface area contributed by atoms with Crippen molar-refractivity contribution in [3.63, 3.8) is 0 Å². The molecule has 0 saturated heterocycles. The predicted octanol–water partition coefficient (Wildman–Crippen LogP) is 3.55. The van der Waals surface area contributed by atoms with Gasteiger partial charge >= 0.3 is 5.97 Å². The highest BCUT2D eigenvalue weighted by atomic mass is 79.9. The molecule has 0 fully saturated rings. The van der Waals surface area contributed by atoms with Crippen LogP contribution in [-0.4, -0.2) is 5.97 Å². The highest BCUT2D eigenvalue weighted by Crippen LogP contribution is 2.35. The van der Waals surface area contributed by atoms with Crippen LogP contribution in [0.15, 0.2) is 53.0 Å². The summed E-state index contributed by atoms with van der Waals surface area (Å²) < 4.78 is 6.21. The van der Waals surface area contributed by atoms with E-state index in [0.29, 0.717) is 11.7 Å². The van der Waals surface area contributed by atoms with Crippen molar-refractivity contribution < 1.29 is 9.53 Å². The summed E-state index contributed by atoms with van der Waals surface area (Å²) in [5, 5.41) is 0. The monoisotopic (exact) mass is 287 g/mol. The van der Waals surface area contributed by atoms with Crippen LogP contribution in [0.2, 0.25) is 0 Å². The van der Waals surface area contributed by atoms with E-state index in [1.54, 1.807) is 6.07 Å². The van der Waals surface area contributed by atoms with Gasteiger partial charge in [-0.2, -0.15) is 0 Å². The molecule has 83 valence electrons. The fourth-order valence-corrected chi connectivity index (χ4v) is 2.25. The molecule has 2 aromatic carbocycles. The Bertz CT molecular complexity index is 578. The highest BCUT2D eigenvalue weighted by molar-refractivity contribution is 9.10. The van der Waals surface area contributed by atoms with Crippen molar-refractivity contribution in [2.75, 3.05) is 0 Å². The van der Waals surface area contributed by atoms with Gasteiger partial charge in [-0.25, -0.2) is 4.79 Å². The molecular formula is C14H8BrO2. The van der Waals surface area contributed by atoms with Crippen molar-refractivity contribution in [2.45, 2.75) is 0 Å². The van der Waals surface area contributed by atoms with Gasteiger partial charge in [0.25, 0.3) is 0 Å². The molecule has 1 aliphatic rings. The van der Waals surface area contributed by atoms with Crippen molar-refractivity contribution in [3.8, 4) is 0 Å². The second kappa shape index (κ2) is 4.00. The second-order valence-electron chi connectivity index (χ2n) is 3.77. The zero-order valence-corrected chi connectivity index (χ0v) is 10.4. The summed E-state index contributed by atoms with van der Waals surface area (Å²) >= 11 is 3.35. The summed E-state index contributed by atoms with van der Waals surface area (Å²) in [5.74, 6) is -0.292. The van der Waals surface area contributed by atoms with Crippen LogP contribution in [0.4, 0.5) is 0 Å². The average Bonchev–Trinajstić information content (AvgIpc) is 2.68. The van der Waals surface area contributed by atoms with E-state index in [2.05, 4.69) is 15.9 Å². The zero-order valence-electron chi connectivity index (χ0n) is 8.81. The summed E-state index contributed by atoms with van der Waals surface area (Å²) in [5.41, 5.74) is 2.38. The quantitative estimate of drug-likeness (QED) is 0.750. The van der Waals surface area contributed by atoms with Crippen molar-refractivity contribution >= 4 is 21.9 Å². The first-order valence-corrected chi connectivity index (χ1v) is 5.99. The van der Waals surface area contributed by atoms with E-state index in [1.165, 1.54) is 0 Å². The normalized spacial score (nSPS) is 14.5. The molecule has 0 saturated carbocycles. The molecule has 0 N–H and O–H groups in total. The van der Waals surface area contributed by atoms with Crippen LogP contribution in [-0.2, 0) is 4.74 Å². The Hall–Kier alpha value is -1.61. The third kappa shape index (κ3) is 1.76. The maximum atomic E-state index is 11.7.